The minimum Gasteiger partial charge on any atom is -0.460 e. The zero-order chi connectivity index (χ0) is 15.8. The molecule has 0 aromatic heterocycles. The SMILES string of the molecule is OC1Oc2ccccc2-c2cc(Nc3ccccc3Cl)ccc21. The molecule has 0 spiro atoms. The van der Waals surface area contributed by atoms with Crippen LogP contribution in [0, 0.1) is 0 Å². The van der Waals surface area contributed by atoms with Gasteiger partial charge >= 0.3 is 0 Å². The number of aliphatic hydroxyl groups is 1. The molecule has 23 heavy (non-hydrogen) atoms. The van der Waals surface area contributed by atoms with Crippen LogP contribution in [-0.4, -0.2) is 5.11 Å². The number of aliphatic hydroxyl groups excluding tert-OH is 1. The van der Waals surface area contributed by atoms with Crippen LogP contribution >= 0.6 is 11.6 Å². The third-order valence-corrected chi connectivity index (χ3v) is 4.22. The lowest BCUT2D eigenvalue weighted by atomic mass is 9.95. The smallest absolute Gasteiger partial charge is 0.224 e. The summed E-state index contributed by atoms with van der Waals surface area (Å²) in [6.45, 7) is 0. The van der Waals surface area contributed by atoms with E-state index in [2.05, 4.69) is 5.32 Å². The second-order valence-electron chi connectivity index (χ2n) is 5.37. The molecular weight excluding hydrogens is 310 g/mol. The quantitative estimate of drug-likeness (QED) is 0.686. The van der Waals surface area contributed by atoms with Crippen molar-refractivity contribution in [1.82, 2.24) is 0 Å². The second-order valence-corrected chi connectivity index (χ2v) is 5.78. The number of ether oxygens (including phenoxy) is 1. The van der Waals surface area contributed by atoms with Gasteiger partial charge in [0.25, 0.3) is 0 Å². The highest BCUT2D eigenvalue weighted by Crippen LogP contribution is 2.42. The highest BCUT2D eigenvalue weighted by molar-refractivity contribution is 6.33. The number of para-hydroxylation sites is 2. The zero-order valence-electron chi connectivity index (χ0n) is 12.2. The van der Waals surface area contributed by atoms with Gasteiger partial charge in [0.05, 0.1) is 10.7 Å². The fourth-order valence-corrected chi connectivity index (χ4v) is 2.96. The van der Waals surface area contributed by atoms with Crippen molar-refractivity contribution in [3.8, 4) is 16.9 Å². The average molecular weight is 324 g/mol. The molecule has 2 N–H and O–H groups in total. The predicted octanol–water partition coefficient (Wildman–Crippen LogP) is 5.13. The van der Waals surface area contributed by atoms with Crippen LogP contribution in [0.2, 0.25) is 5.02 Å². The largest absolute Gasteiger partial charge is 0.460 e. The van der Waals surface area contributed by atoms with Crippen molar-refractivity contribution in [3.63, 3.8) is 0 Å². The molecular formula is C19H14ClNO2. The number of benzene rings is 3. The molecule has 0 radical (unpaired) electrons. The van der Waals surface area contributed by atoms with Gasteiger partial charge in [-0.1, -0.05) is 48.0 Å². The molecule has 0 bridgehead atoms. The Morgan fingerprint density at radius 3 is 2.57 bits per heavy atom. The van der Waals surface area contributed by atoms with Gasteiger partial charge in [-0.15, -0.1) is 0 Å². The molecule has 0 saturated carbocycles. The van der Waals surface area contributed by atoms with Crippen molar-refractivity contribution in [3.05, 3.63) is 77.3 Å². The van der Waals surface area contributed by atoms with Gasteiger partial charge in [-0.2, -0.15) is 0 Å². The van der Waals surface area contributed by atoms with Crippen LogP contribution in [-0.2, 0) is 0 Å². The van der Waals surface area contributed by atoms with Crippen LogP contribution in [0.5, 0.6) is 5.75 Å². The molecule has 3 aromatic carbocycles. The number of anilines is 2. The predicted molar refractivity (Wildman–Crippen MR) is 92.2 cm³/mol. The summed E-state index contributed by atoms with van der Waals surface area (Å²) in [7, 11) is 0. The van der Waals surface area contributed by atoms with E-state index in [0.29, 0.717) is 10.8 Å². The van der Waals surface area contributed by atoms with Gasteiger partial charge in [-0.05, 0) is 35.9 Å². The van der Waals surface area contributed by atoms with Crippen LogP contribution in [0.15, 0.2) is 66.7 Å². The lowest BCUT2D eigenvalue weighted by Gasteiger charge is -2.25. The van der Waals surface area contributed by atoms with Crippen LogP contribution in [0.1, 0.15) is 11.9 Å². The van der Waals surface area contributed by atoms with Crippen LogP contribution in [0.3, 0.4) is 0 Å². The molecule has 4 heteroatoms. The molecule has 0 amide bonds. The molecule has 114 valence electrons. The summed E-state index contributed by atoms with van der Waals surface area (Å²) in [6, 6.07) is 21.1. The minimum atomic E-state index is -0.950. The van der Waals surface area contributed by atoms with Crippen LogP contribution in [0.4, 0.5) is 11.4 Å². The monoisotopic (exact) mass is 323 g/mol. The van der Waals surface area contributed by atoms with Gasteiger partial charge in [-0.25, -0.2) is 0 Å². The Hall–Kier alpha value is -2.49. The van der Waals surface area contributed by atoms with E-state index >= 15 is 0 Å². The standard InChI is InChI=1S/C19H14ClNO2/c20-16-6-2-3-7-17(16)21-12-9-10-14-15(11-12)13-5-1-4-8-18(13)23-19(14)22/h1-11,19,21-22H. The van der Waals surface area contributed by atoms with Gasteiger partial charge in [0, 0.05) is 16.8 Å². The van der Waals surface area contributed by atoms with E-state index in [-0.39, 0.29) is 0 Å². The van der Waals surface area contributed by atoms with Gasteiger partial charge in [0.15, 0.2) is 0 Å². The molecule has 4 rings (SSSR count). The molecule has 1 atom stereocenters. The maximum atomic E-state index is 10.2. The van der Waals surface area contributed by atoms with E-state index in [0.717, 1.165) is 28.1 Å². The number of nitrogens with one attached hydrogen (secondary N) is 1. The number of rotatable bonds is 2. The molecule has 0 saturated heterocycles. The first-order valence-electron chi connectivity index (χ1n) is 7.32. The van der Waals surface area contributed by atoms with Crippen molar-refractivity contribution in [2.75, 3.05) is 5.32 Å². The summed E-state index contributed by atoms with van der Waals surface area (Å²) in [5, 5.41) is 14.1. The Morgan fingerprint density at radius 1 is 0.913 bits per heavy atom. The van der Waals surface area contributed by atoms with Gasteiger partial charge in [-0.3, -0.25) is 0 Å². The van der Waals surface area contributed by atoms with Gasteiger partial charge in [0.2, 0.25) is 6.29 Å². The van der Waals surface area contributed by atoms with E-state index in [1.807, 2.05) is 66.7 Å². The highest BCUT2D eigenvalue weighted by Gasteiger charge is 2.24. The maximum absolute atomic E-state index is 10.2. The number of hydrogen-bond acceptors (Lipinski definition) is 3. The van der Waals surface area contributed by atoms with E-state index < -0.39 is 6.29 Å². The Labute approximate surface area is 139 Å². The summed E-state index contributed by atoms with van der Waals surface area (Å²) < 4.78 is 5.55. The first kappa shape index (κ1) is 14.1. The third-order valence-electron chi connectivity index (χ3n) is 3.89. The Balaban J connectivity index is 1.78. The van der Waals surface area contributed by atoms with E-state index in [1.165, 1.54) is 0 Å². The summed E-state index contributed by atoms with van der Waals surface area (Å²) in [4.78, 5) is 0. The number of halogens is 1. The summed E-state index contributed by atoms with van der Waals surface area (Å²) in [6.07, 6.45) is -0.950. The fraction of sp³-hybridized carbons (Fsp3) is 0.0526. The van der Waals surface area contributed by atoms with Gasteiger partial charge < -0.3 is 15.2 Å². The molecule has 1 heterocycles. The third kappa shape index (κ3) is 2.54. The molecule has 1 aliphatic rings. The van der Waals surface area contributed by atoms with Crippen LogP contribution < -0.4 is 10.1 Å². The molecule has 3 aromatic rings. The molecule has 1 aliphatic heterocycles. The Kier molecular flexibility index (Phi) is 3.45. The first-order chi connectivity index (χ1) is 11.2. The van der Waals surface area contributed by atoms with E-state index in [1.54, 1.807) is 0 Å². The van der Waals surface area contributed by atoms with E-state index in [9.17, 15) is 5.11 Å². The van der Waals surface area contributed by atoms with Crippen LogP contribution in [0.25, 0.3) is 11.1 Å². The minimum absolute atomic E-state index is 0.661. The van der Waals surface area contributed by atoms with E-state index in [4.69, 9.17) is 16.3 Å². The second kappa shape index (κ2) is 5.61. The molecule has 3 nitrogen and oxygen atoms in total. The lowest BCUT2D eigenvalue weighted by molar-refractivity contribution is -0.0212. The molecule has 1 unspecified atom stereocenters. The summed E-state index contributed by atoms with van der Waals surface area (Å²) >= 11 is 6.20. The maximum Gasteiger partial charge on any atom is 0.224 e. The van der Waals surface area contributed by atoms with Crippen molar-refractivity contribution >= 4 is 23.0 Å². The Bertz CT molecular complexity index is 879. The van der Waals surface area contributed by atoms with Crippen molar-refractivity contribution in [1.29, 1.82) is 0 Å². The van der Waals surface area contributed by atoms with Crippen molar-refractivity contribution in [2.24, 2.45) is 0 Å². The first-order valence-corrected chi connectivity index (χ1v) is 7.70. The lowest BCUT2D eigenvalue weighted by Crippen LogP contribution is -2.13. The normalized spacial score (nSPS) is 15.3. The highest BCUT2D eigenvalue weighted by atomic mass is 35.5. The zero-order valence-corrected chi connectivity index (χ0v) is 12.9. The Morgan fingerprint density at radius 2 is 1.70 bits per heavy atom. The summed E-state index contributed by atoms with van der Waals surface area (Å²) in [5.41, 5.74) is 4.43. The topological polar surface area (TPSA) is 41.5 Å². The number of fused-ring (bicyclic) bond motifs is 3. The average Bonchev–Trinajstić information content (AvgIpc) is 2.57. The number of hydrogen-bond donors (Lipinski definition) is 2. The molecule has 0 fully saturated rings. The van der Waals surface area contributed by atoms with Gasteiger partial charge in [0.1, 0.15) is 5.75 Å². The fourth-order valence-electron chi connectivity index (χ4n) is 2.78. The summed E-state index contributed by atoms with van der Waals surface area (Å²) in [5.74, 6) is 0.683. The van der Waals surface area contributed by atoms with Crippen molar-refractivity contribution < 1.29 is 9.84 Å². The van der Waals surface area contributed by atoms with Crippen molar-refractivity contribution in [2.45, 2.75) is 6.29 Å². The molecule has 0 aliphatic carbocycles.